The van der Waals surface area contributed by atoms with Gasteiger partial charge in [-0.25, -0.2) is 4.98 Å². The van der Waals surface area contributed by atoms with Gasteiger partial charge in [0, 0.05) is 24.1 Å². The van der Waals surface area contributed by atoms with Crippen LogP contribution >= 0.6 is 12.2 Å². The van der Waals surface area contributed by atoms with Crippen molar-refractivity contribution in [1.29, 1.82) is 0 Å². The van der Waals surface area contributed by atoms with Gasteiger partial charge in [-0.1, -0.05) is 31.2 Å². The first-order valence-corrected chi connectivity index (χ1v) is 10.9. The van der Waals surface area contributed by atoms with Gasteiger partial charge in [-0.05, 0) is 74.5 Å². The van der Waals surface area contributed by atoms with Crippen LogP contribution in [0.5, 0.6) is 0 Å². The highest BCUT2D eigenvalue weighted by molar-refractivity contribution is 7.80. The van der Waals surface area contributed by atoms with Gasteiger partial charge in [0.15, 0.2) is 5.11 Å². The van der Waals surface area contributed by atoms with Crippen LogP contribution in [0.1, 0.15) is 30.3 Å². The van der Waals surface area contributed by atoms with E-state index in [9.17, 15) is 9.59 Å². The summed E-state index contributed by atoms with van der Waals surface area (Å²) < 4.78 is 2.01. The number of aromatic nitrogens is 2. The largest absolute Gasteiger partial charge is 0.303 e. The van der Waals surface area contributed by atoms with Crippen LogP contribution in [-0.2, 0) is 9.59 Å². The Balaban J connectivity index is 1.82. The van der Waals surface area contributed by atoms with Crippen molar-refractivity contribution in [2.45, 2.75) is 27.2 Å². The Morgan fingerprint density at radius 2 is 1.72 bits per heavy atom. The number of benzene rings is 1. The molecule has 1 aromatic carbocycles. The van der Waals surface area contributed by atoms with Gasteiger partial charge >= 0.3 is 0 Å². The van der Waals surface area contributed by atoms with Crippen molar-refractivity contribution in [1.82, 2.24) is 14.5 Å². The lowest BCUT2D eigenvalue weighted by molar-refractivity contribution is -0.127. The molecule has 0 saturated carbocycles. The Kier molecular flexibility index (Phi) is 6.01. The molecule has 7 heteroatoms. The SMILES string of the molecule is CCCN1C(=O)/C(=C\c2cc(C)n(-c3ccccn3)c2C)C(=O)N(c2ccccc2)C1=S. The lowest BCUT2D eigenvalue weighted by Gasteiger charge is -2.36. The maximum atomic E-state index is 13.5. The summed E-state index contributed by atoms with van der Waals surface area (Å²) in [5, 5.41) is 0.212. The monoisotopic (exact) mass is 444 g/mol. The lowest BCUT2D eigenvalue weighted by Crippen LogP contribution is -2.56. The second-order valence-corrected chi connectivity index (χ2v) is 7.99. The van der Waals surface area contributed by atoms with Crippen LogP contribution in [-0.4, -0.2) is 37.9 Å². The standard InChI is InChI=1S/C25H24N4O2S/c1-4-14-27-23(30)21(24(31)29(25(27)32)20-10-6-5-7-11-20)16-19-15-17(2)28(18(19)3)22-12-8-9-13-26-22/h5-13,15-16H,4,14H2,1-3H3/b21-16+. The highest BCUT2D eigenvalue weighted by atomic mass is 32.1. The number of carbonyl (C=O) groups is 2. The number of anilines is 1. The van der Waals surface area contributed by atoms with Gasteiger partial charge in [0.2, 0.25) is 0 Å². The van der Waals surface area contributed by atoms with Crippen molar-refractivity contribution in [3.63, 3.8) is 0 Å². The second kappa shape index (κ2) is 8.88. The minimum Gasteiger partial charge on any atom is -0.303 e. The molecule has 2 amide bonds. The zero-order chi connectivity index (χ0) is 22.8. The zero-order valence-electron chi connectivity index (χ0n) is 18.3. The number of rotatable bonds is 5. The molecule has 2 aromatic heterocycles. The summed E-state index contributed by atoms with van der Waals surface area (Å²) in [6.45, 7) is 6.35. The van der Waals surface area contributed by atoms with Gasteiger partial charge < -0.3 is 4.57 Å². The molecule has 3 aromatic rings. The van der Waals surface area contributed by atoms with E-state index >= 15 is 0 Å². The van der Waals surface area contributed by atoms with Gasteiger partial charge in [-0.2, -0.15) is 0 Å². The van der Waals surface area contributed by atoms with Gasteiger partial charge in [0.05, 0.1) is 5.69 Å². The number of para-hydroxylation sites is 1. The van der Waals surface area contributed by atoms with Gasteiger partial charge in [-0.3, -0.25) is 19.4 Å². The maximum Gasteiger partial charge on any atom is 0.270 e. The van der Waals surface area contributed by atoms with E-state index in [1.165, 1.54) is 9.80 Å². The Bertz CT molecular complexity index is 1220. The number of thiocarbonyl (C=S) groups is 1. The van der Waals surface area contributed by atoms with Crippen LogP contribution in [0, 0.1) is 13.8 Å². The van der Waals surface area contributed by atoms with Gasteiger partial charge in [0.1, 0.15) is 11.4 Å². The van der Waals surface area contributed by atoms with Crippen LogP contribution in [0.3, 0.4) is 0 Å². The first kappa shape index (κ1) is 21.6. The fourth-order valence-electron chi connectivity index (χ4n) is 3.93. The number of amides is 2. The minimum absolute atomic E-state index is 0.0946. The number of hydrogen-bond donors (Lipinski definition) is 0. The summed E-state index contributed by atoms with van der Waals surface area (Å²) in [6.07, 6.45) is 4.14. The number of aryl methyl sites for hydroxylation is 1. The first-order chi connectivity index (χ1) is 15.4. The molecule has 0 aliphatic carbocycles. The average Bonchev–Trinajstić information content (AvgIpc) is 3.08. The molecule has 1 aliphatic heterocycles. The molecule has 0 N–H and O–H groups in total. The molecule has 0 spiro atoms. The van der Waals surface area contributed by atoms with Gasteiger partial charge in [0.25, 0.3) is 11.8 Å². The molecule has 162 valence electrons. The maximum absolute atomic E-state index is 13.5. The molecule has 3 heterocycles. The normalized spacial score (nSPS) is 15.7. The number of pyridine rings is 1. The Labute approximate surface area is 192 Å². The summed E-state index contributed by atoms with van der Waals surface area (Å²) in [5.74, 6) is 0.00556. The van der Waals surface area contributed by atoms with E-state index in [2.05, 4.69) is 4.98 Å². The average molecular weight is 445 g/mol. The van der Waals surface area contributed by atoms with Crippen LogP contribution in [0.25, 0.3) is 11.9 Å². The molecule has 0 bridgehead atoms. The molecule has 32 heavy (non-hydrogen) atoms. The van der Waals surface area contributed by atoms with Gasteiger partial charge in [-0.15, -0.1) is 0 Å². The van der Waals surface area contributed by atoms with E-state index in [4.69, 9.17) is 12.2 Å². The smallest absolute Gasteiger partial charge is 0.270 e. The predicted molar refractivity (Wildman–Crippen MR) is 130 cm³/mol. The molecule has 4 rings (SSSR count). The third kappa shape index (κ3) is 3.76. The van der Waals surface area contributed by atoms with Crippen molar-refractivity contribution in [3.8, 4) is 5.82 Å². The molecule has 1 fully saturated rings. The first-order valence-electron chi connectivity index (χ1n) is 10.5. The summed E-state index contributed by atoms with van der Waals surface area (Å²) >= 11 is 5.55. The van der Waals surface area contributed by atoms with Crippen molar-refractivity contribution in [2.24, 2.45) is 0 Å². The second-order valence-electron chi connectivity index (χ2n) is 7.62. The summed E-state index contributed by atoms with van der Waals surface area (Å²) in [5.41, 5.74) is 3.39. The van der Waals surface area contributed by atoms with E-state index in [1.807, 2.05) is 79.9 Å². The van der Waals surface area contributed by atoms with Crippen LogP contribution in [0.15, 0.2) is 66.4 Å². The highest BCUT2D eigenvalue weighted by Crippen LogP contribution is 2.28. The van der Waals surface area contributed by atoms with Crippen molar-refractivity contribution in [2.75, 3.05) is 11.4 Å². The van der Waals surface area contributed by atoms with Crippen molar-refractivity contribution >= 4 is 40.9 Å². The lowest BCUT2D eigenvalue weighted by atomic mass is 10.1. The molecular weight excluding hydrogens is 420 g/mol. The predicted octanol–water partition coefficient (Wildman–Crippen LogP) is 4.44. The number of carbonyl (C=O) groups excluding carboxylic acids is 2. The van der Waals surface area contributed by atoms with E-state index in [0.717, 1.165) is 29.2 Å². The van der Waals surface area contributed by atoms with E-state index in [-0.39, 0.29) is 16.6 Å². The number of hydrogen-bond acceptors (Lipinski definition) is 4. The fraction of sp³-hybridized carbons (Fsp3) is 0.200. The summed E-state index contributed by atoms with van der Waals surface area (Å²) in [7, 11) is 0. The summed E-state index contributed by atoms with van der Waals surface area (Å²) in [6, 6.07) is 16.9. The van der Waals surface area contributed by atoms with E-state index in [1.54, 1.807) is 12.3 Å². The molecule has 0 atom stereocenters. The third-order valence-electron chi connectivity index (χ3n) is 5.44. The Hall–Kier alpha value is -3.58. The van der Waals surface area contributed by atoms with Crippen LogP contribution < -0.4 is 4.90 Å². The Morgan fingerprint density at radius 1 is 1.00 bits per heavy atom. The highest BCUT2D eigenvalue weighted by Gasteiger charge is 2.40. The zero-order valence-corrected chi connectivity index (χ0v) is 19.1. The molecule has 1 aliphatic rings. The van der Waals surface area contributed by atoms with Crippen LogP contribution in [0.4, 0.5) is 5.69 Å². The number of nitrogens with zero attached hydrogens (tertiary/aromatic N) is 4. The molecule has 0 radical (unpaired) electrons. The fourth-order valence-corrected chi connectivity index (χ4v) is 4.29. The topological polar surface area (TPSA) is 58.4 Å². The molecule has 0 unspecified atom stereocenters. The summed E-state index contributed by atoms with van der Waals surface area (Å²) in [4.78, 5) is 34.2. The van der Waals surface area contributed by atoms with E-state index in [0.29, 0.717) is 12.2 Å². The van der Waals surface area contributed by atoms with Crippen molar-refractivity contribution < 1.29 is 9.59 Å². The van der Waals surface area contributed by atoms with Crippen molar-refractivity contribution in [3.05, 3.63) is 83.3 Å². The molecule has 6 nitrogen and oxygen atoms in total. The molecular formula is C25H24N4O2S. The van der Waals surface area contributed by atoms with Crippen LogP contribution in [0.2, 0.25) is 0 Å². The third-order valence-corrected chi connectivity index (χ3v) is 5.84. The van der Waals surface area contributed by atoms with E-state index < -0.39 is 5.91 Å². The molecule has 1 saturated heterocycles. The quantitative estimate of drug-likeness (QED) is 0.332. The minimum atomic E-state index is -0.416. The Morgan fingerprint density at radius 3 is 2.38 bits per heavy atom.